The molecule has 0 spiro atoms. The Hall–Kier alpha value is -1.64. The molecule has 0 radical (unpaired) electrons. The van der Waals surface area contributed by atoms with E-state index in [1.807, 2.05) is 45.2 Å². The summed E-state index contributed by atoms with van der Waals surface area (Å²) in [6, 6.07) is 5.39. The van der Waals surface area contributed by atoms with E-state index in [4.69, 9.17) is 0 Å². The van der Waals surface area contributed by atoms with Crippen molar-refractivity contribution < 1.29 is 23.2 Å². The zero-order chi connectivity index (χ0) is 18.8. The van der Waals surface area contributed by atoms with Crippen LogP contribution >= 0.6 is 45.2 Å². The smallest absolute Gasteiger partial charge is 0.416 e. The number of benzene rings is 2. The van der Waals surface area contributed by atoms with Crippen LogP contribution in [0.5, 0.6) is 5.75 Å². The van der Waals surface area contributed by atoms with E-state index in [-0.39, 0.29) is 11.4 Å². The average Bonchev–Trinajstić information content (AvgIpc) is 2.51. The number of nitro groups is 1. The Bertz CT molecular complexity index is 834. The molecule has 2 aromatic rings. The number of rotatable bonds is 4. The summed E-state index contributed by atoms with van der Waals surface area (Å²) in [4.78, 5) is 10.1. The van der Waals surface area contributed by atoms with Crippen LogP contribution in [0.3, 0.4) is 0 Å². The summed E-state index contributed by atoms with van der Waals surface area (Å²) >= 11 is 3.86. The van der Waals surface area contributed by atoms with E-state index in [0.29, 0.717) is 18.8 Å². The molecule has 0 aromatic heterocycles. The van der Waals surface area contributed by atoms with Gasteiger partial charge in [0.15, 0.2) is 0 Å². The first-order valence-electron chi connectivity index (χ1n) is 6.42. The molecule has 0 aliphatic heterocycles. The lowest BCUT2D eigenvalue weighted by molar-refractivity contribution is -0.384. The standard InChI is InChI=1S/C14H8F3I2N3O3/c15-14(16,17)8-1-2-11(12(5-8)22(24)25)21-20-6-7-3-9(18)13(23)10(19)4-7/h1-6,21,23H/b20-6-. The van der Waals surface area contributed by atoms with Gasteiger partial charge >= 0.3 is 6.18 Å². The third-order valence-corrected chi connectivity index (χ3v) is 4.60. The Balaban J connectivity index is 2.27. The number of halogens is 5. The van der Waals surface area contributed by atoms with Gasteiger partial charge < -0.3 is 5.11 Å². The molecule has 0 amide bonds. The van der Waals surface area contributed by atoms with Gasteiger partial charge in [0, 0.05) is 6.07 Å². The number of anilines is 1. The summed E-state index contributed by atoms with van der Waals surface area (Å²) in [5.74, 6) is 0.129. The van der Waals surface area contributed by atoms with E-state index < -0.39 is 22.4 Å². The van der Waals surface area contributed by atoms with Gasteiger partial charge in [0.05, 0.1) is 23.8 Å². The summed E-state index contributed by atoms with van der Waals surface area (Å²) in [5.41, 5.74) is 0.956. The molecule has 0 aliphatic rings. The molecular formula is C14H8F3I2N3O3. The first-order chi connectivity index (χ1) is 11.6. The number of hydrazone groups is 1. The van der Waals surface area contributed by atoms with Gasteiger partial charge in [-0.25, -0.2) is 0 Å². The Morgan fingerprint density at radius 2 is 1.80 bits per heavy atom. The van der Waals surface area contributed by atoms with Crippen LogP contribution in [0.15, 0.2) is 35.4 Å². The lowest BCUT2D eigenvalue weighted by Gasteiger charge is -2.08. The fourth-order valence-corrected chi connectivity index (χ4v) is 3.61. The molecular weight excluding hydrogens is 569 g/mol. The second-order valence-corrected chi connectivity index (χ2v) is 7.01. The van der Waals surface area contributed by atoms with Crippen LogP contribution in [-0.2, 0) is 6.18 Å². The summed E-state index contributed by atoms with van der Waals surface area (Å²) in [5, 5.41) is 24.5. The molecule has 2 aromatic carbocycles. The van der Waals surface area contributed by atoms with Gasteiger partial charge in [-0.05, 0) is 75.0 Å². The third-order valence-electron chi connectivity index (χ3n) is 2.96. The van der Waals surface area contributed by atoms with E-state index >= 15 is 0 Å². The van der Waals surface area contributed by atoms with E-state index in [0.717, 1.165) is 12.1 Å². The quantitative estimate of drug-likeness (QED) is 0.233. The summed E-state index contributed by atoms with van der Waals surface area (Å²) in [6.45, 7) is 0. The molecule has 6 nitrogen and oxygen atoms in total. The highest BCUT2D eigenvalue weighted by molar-refractivity contribution is 14.1. The number of phenols is 1. The van der Waals surface area contributed by atoms with Crippen LogP contribution in [0, 0.1) is 17.3 Å². The largest absolute Gasteiger partial charge is 0.506 e. The van der Waals surface area contributed by atoms with Crippen LogP contribution in [0.1, 0.15) is 11.1 Å². The van der Waals surface area contributed by atoms with Crippen molar-refractivity contribution in [3.05, 3.63) is 58.7 Å². The van der Waals surface area contributed by atoms with Gasteiger partial charge in [-0.2, -0.15) is 18.3 Å². The van der Waals surface area contributed by atoms with Crippen molar-refractivity contribution in [2.75, 3.05) is 5.43 Å². The molecule has 11 heteroatoms. The first-order valence-corrected chi connectivity index (χ1v) is 8.58. The molecule has 0 aliphatic carbocycles. The van der Waals surface area contributed by atoms with Crippen LogP contribution in [0.4, 0.5) is 24.5 Å². The maximum atomic E-state index is 12.7. The van der Waals surface area contributed by atoms with Gasteiger partial charge in [-0.3, -0.25) is 15.5 Å². The highest BCUT2D eigenvalue weighted by atomic mass is 127. The minimum absolute atomic E-state index is 0.129. The SMILES string of the molecule is O=[N+]([O-])c1cc(C(F)(F)F)ccc1N/N=C\c1cc(I)c(O)c(I)c1. The average molecular weight is 577 g/mol. The van der Waals surface area contributed by atoms with Crippen molar-refractivity contribution in [1.82, 2.24) is 0 Å². The van der Waals surface area contributed by atoms with E-state index in [1.54, 1.807) is 12.1 Å². The van der Waals surface area contributed by atoms with Crippen molar-refractivity contribution in [3.8, 4) is 5.75 Å². The fourth-order valence-electron chi connectivity index (χ4n) is 1.79. The van der Waals surface area contributed by atoms with E-state index in [2.05, 4.69) is 10.5 Å². The van der Waals surface area contributed by atoms with Crippen molar-refractivity contribution in [1.29, 1.82) is 0 Å². The van der Waals surface area contributed by atoms with Gasteiger partial charge in [-0.1, -0.05) is 0 Å². The maximum absolute atomic E-state index is 12.7. The summed E-state index contributed by atoms with van der Waals surface area (Å²) < 4.78 is 39.1. The molecule has 0 saturated heterocycles. The second kappa shape index (κ2) is 7.72. The predicted molar refractivity (Wildman–Crippen MR) is 103 cm³/mol. The number of nitrogens with one attached hydrogen (secondary N) is 1. The molecule has 0 heterocycles. The van der Waals surface area contributed by atoms with Crippen LogP contribution < -0.4 is 5.43 Å². The van der Waals surface area contributed by atoms with Crippen molar-refractivity contribution in [2.24, 2.45) is 5.10 Å². The fraction of sp³-hybridized carbons (Fsp3) is 0.0714. The first kappa shape index (κ1) is 19.7. The highest BCUT2D eigenvalue weighted by Gasteiger charge is 2.33. The normalized spacial score (nSPS) is 11.7. The summed E-state index contributed by atoms with van der Waals surface area (Å²) in [6.07, 6.45) is -3.34. The molecule has 0 fully saturated rings. The highest BCUT2D eigenvalue weighted by Crippen LogP contribution is 2.35. The number of phenolic OH excluding ortho intramolecular Hbond substituents is 1. The summed E-state index contributed by atoms with van der Waals surface area (Å²) in [7, 11) is 0. The Morgan fingerprint density at radius 3 is 2.32 bits per heavy atom. The zero-order valence-electron chi connectivity index (χ0n) is 12.0. The van der Waals surface area contributed by atoms with Crippen molar-refractivity contribution in [3.63, 3.8) is 0 Å². The minimum Gasteiger partial charge on any atom is -0.506 e. The molecule has 132 valence electrons. The third kappa shape index (κ3) is 4.93. The van der Waals surface area contributed by atoms with Crippen LogP contribution in [-0.4, -0.2) is 16.2 Å². The number of nitrogens with zero attached hydrogens (tertiary/aromatic N) is 2. The van der Waals surface area contributed by atoms with Gasteiger partial charge in [0.2, 0.25) is 0 Å². The second-order valence-electron chi connectivity index (χ2n) is 4.69. The van der Waals surface area contributed by atoms with E-state index in [1.165, 1.54) is 6.21 Å². The molecule has 2 N–H and O–H groups in total. The molecule has 0 saturated carbocycles. The Morgan fingerprint density at radius 1 is 1.20 bits per heavy atom. The Labute approximate surface area is 166 Å². The molecule has 0 unspecified atom stereocenters. The lowest BCUT2D eigenvalue weighted by Crippen LogP contribution is -2.06. The molecule has 0 bridgehead atoms. The number of hydrogen-bond donors (Lipinski definition) is 2. The number of aromatic hydroxyl groups is 1. The molecule has 0 atom stereocenters. The van der Waals surface area contributed by atoms with Crippen LogP contribution in [0.25, 0.3) is 0 Å². The van der Waals surface area contributed by atoms with Gasteiger partial charge in [0.1, 0.15) is 11.4 Å². The lowest BCUT2D eigenvalue weighted by atomic mass is 10.1. The zero-order valence-corrected chi connectivity index (χ0v) is 16.3. The molecule has 2 rings (SSSR count). The van der Waals surface area contributed by atoms with E-state index in [9.17, 15) is 28.4 Å². The minimum atomic E-state index is -4.67. The van der Waals surface area contributed by atoms with Crippen LogP contribution in [0.2, 0.25) is 0 Å². The topological polar surface area (TPSA) is 87.8 Å². The predicted octanol–water partition coefficient (Wildman–Crippen LogP) is 4.97. The Kier molecular flexibility index (Phi) is 6.08. The number of alkyl halides is 3. The van der Waals surface area contributed by atoms with Gasteiger partial charge in [-0.15, -0.1) is 0 Å². The monoisotopic (exact) mass is 577 g/mol. The number of hydrogen-bond acceptors (Lipinski definition) is 5. The number of nitro benzene ring substituents is 1. The molecule has 25 heavy (non-hydrogen) atoms. The maximum Gasteiger partial charge on any atom is 0.416 e. The van der Waals surface area contributed by atoms with Gasteiger partial charge in [0.25, 0.3) is 5.69 Å². The van der Waals surface area contributed by atoms with Crippen molar-refractivity contribution >= 4 is 62.8 Å². The van der Waals surface area contributed by atoms with Crippen molar-refractivity contribution in [2.45, 2.75) is 6.18 Å².